The molecule has 1 aromatic carbocycles. The van der Waals surface area contributed by atoms with E-state index in [2.05, 4.69) is 10.1 Å². The molecule has 0 unspecified atom stereocenters. The van der Waals surface area contributed by atoms with Crippen LogP contribution in [0.25, 0.3) is 22.6 Å². The molecule has 0 atom stereocenters. The summed E-state index contributed by atoms with van der Waals surface area (Å²) < 4.78 is 44.4. The van der Waals surface area contributed by atoms with E-state index in [-0.39, 0.29) is 49.0 Å². The van der Waals surface area contributed by atoms with Gasteiger partial charge in [0, 0.05) is 25.7 Å². The molecular weight excluding hydrogens is 489 g/mol. The fourth-order valence-electron chi connectivity index (χ4n) is 4.31. The van der Waals surface area contributed by atoms with Gasteiger partial charge in [0.05, 0.1) is 23.9 Å². The van der Waals surface area contributed by atoms with Gasteiger partial charge in [0.1, 0.15) is 0 Å². The summed E-state index contributed by atoms with van der Waals surface area (Å²) >= 11 is 0. The van der Waals surface area contributed by atoms with Crippen LogP contribution < -0.4 is 11.2 Å². The van der Waals surface area contributed by atoms with Crippen molar-refractivity contribution in [2.75, 3.05) is 0 Å². The highest BCUT2D eigenvalue weighted by molar-refractivity contribution is 5.93. The molecule has 4 aromatic rings. The summed E-state index contributed by atoms with van der Waals surface area (Å²) in [6.45, 7) is 5.92. The van der Waals surface area contributed by atoms with Gasteiger partial charge >= 0.3 is 11.9 Å². The van der Waals surface area contributed by atoms with Gasteiger partial charge < -0.3 is 0 Å². The number of aromatic nitrogens is 6. The number of halogens is 3. The molecule has 0 spiro atoms. The summed E-state index contributed by atoms with van der Waals surface area (Å²) in [6.07, 6.45) is -0.246. The zero-order valence-electron chi connectivity index (χ0n) is 20.7. The third kappa shape index (κ3) is 4.87. The molecule has 0 aliphatic heterocycles. The summed E-state index contributed by atoms with van der Waals surface area (Å²) in [5, 5.41) is 4.24. The number of imidazole rings is 1. The van der Waals surface area contributed by atoms with E-state index in [0.29, 0.717) is 24.0 Å². The number of alkyl halides is 3. The molecule has 37 heavy (non-hydrogen) atoms. The largest absolute Gasteiger partial charge is 0.416 e. The van der Waals surface area contributed by atoms with Crippen molar-refractivity contribution in [2.24, 2.45) is 0 Å². The molecule has 196 valence electrons. The summed E-state index contributed by atoms with van der Waals surface area (Å²) in [7, 11) is 0. The predicted octanol–water partition coefficient (Wildman–Crippen LogP) is 4.16. The van der Waals surface area contributed by atoms with Crippen molar-refractivity contribution in [1.29, 1.82) is 0 Å². The van der Waals surface area contributed by atoms with Gasteiger partial charge in [-0.1, -0.05) is 26.0 Å². The number of carbonyl (C=O) groups excluding carboxylic acids is 1. The summed E-state index contributed by atoms with van der Waals surface area (Å²) in [6, 6.07) is 4.94. The molecule has 0 bridgehead atoms. The molecule has 0 saturated carbocycles. The summed E-state index contributed by atoms with van der Waals surface area (Å²) in [5.41, 5.74) is -0.937. The number of nitrogens with zero attached hydrogens (tertiary/aromatic N) is 6. The zero-order valence-corrected chi connectivity index (χ0v) is 20.7. The smallest absolute Gasteiger partial charge is 0.276 e. The van der Waals surface area contributed by atoms with E-state index in [1.807, 2.05) is 13.8 Å². The van der Waals surface area contributed by atoms with Crippen LogP contribution in [0.1, 0.15) is 56.0 Å². The average Bonchev–Trinajstić information content (AvgIpc) is 3.47. The third-order valence-corrected chi connectivity index (χ3v) is 5.99. The number of aryl methyl sites for hydroxylation is 1. The fourth-order valence-corrected chi connectivity index (χ4v) is 4.31. The number of fused-ring (bicyclic) bond motifs is 1. The second kappa shape index (κ2) is 10.2. The van der Waals surface area contributed by atoms with Crippen LogP contribution >= 0.6 is 0 Å². The van der Waals surface area contributed by atoms with E-state index >= 15 is 0 Å². The van der Waals surface area contributed by atoms with Crippen LogP contribution in [0.4, 0.5) is 13.2 Å². The van der Waals surface area contributed by atoms with Crippen molar-refractivity contribution in [3.8, 4) is 11.4 Å². The molecular formula is C25H27F3N6O3. The van der Waals surface area contributed by atoms with Crippen LogP contribution in [0.3, 0.4) is 0 Å². The van der Waals surface area contributed by atoms with Crippen LogP contribution in [-0.4, -0.2) is 34.4 Å². The highest BCUT2D eigenvalue weighted by Gasteiger charge is 2.30. The second-order valence-corrected chi connectivity index (χ2v) is 8.70. The molecule has 3 heterocycles. The first-order chi connectivity index (χ1) is 17.6. The predicted molar refractivity (Wildman–Crippen MR) is 132 cm³/mol. The number of rotatable bonds is 8. The van der Waals surface area contributed by atoms with Crippen molar-refractivity contribution < 1.29 is 18.0 Å². The topological polar surface area (TPSA) is 96.7 Å². The lowest BCUT2D eigenvalue weighted by atomic mass is 10.1. The lowest BCUT2D eigenvalue weighted by molar-refractivity contribution is -0.137. The highest BCUT2D eigenvalue weighted by atomic mass is 19.4. The van der Waals surface area contributed by atoms with Crippen molar-refractivity contribution >= 4 is 17.1 Å². The molecule has 12 heteroatoms. The van der Waals surface area contributed by atoms with E-state index in [1.54, 1.807) is 19.2 Å². The van der Waals surface area contributed by atoms with E-state index in [9.17, 15) is 27.6 Å². The van der Waals surface area contributed by atoms with Gasteiger partial charge in [-0.05, 0) is 37.5 Å². The Morgan fingerprint density at radius 3 is 2.46 bits per heavy atom. The molecule has 4 rings (SSSR count). The lowest BCUT2D eigenvalue weighted by Crippen LogP contribution is -2.40. The summed E-state index contributed by atoms with van der Waals surface area (Å²) in [4.78, 5) is 44.1. The fraction of sp³-hybridized carbons (Fsp3) is 0.400. The van der Waals surface area contributed by atoms with Crippen LogP contribution in [0.5, 0.6) is 0 Å². The Morgan fingerprint density at radius 1 is 1.05 bits per heavy atom. The van der Waals surface area contributed by atoms with Crippen molar-refractivity contribution in [1.82, 2.24) is 28.5 Å². The molecule has 9 nitrogen and oxygen atoms in total. The SMILES string of the molecule is CCCC(=O)n1c(-c2cnn(Cc3cccc(C(F)(F)F)c3)c2)nc2c1c(=O)n(CCC)c(=O)n2CC. The Kier molecular flexibility index (Phi) is 7.19. The quantitative estimate of drug-likeness (QED) is 0.350. The minimum atomic E-state index is -4.46. The van der Waals surface area contributed by atoms with Gasteiger partial charge in [-0.2, -0.15) is 18.3 Å². The first-order valence-electron chi connectivity index (χ1n) is 12.1. The molecule has 0 amide bonds. The standard InChI is InChI=1S/C25H27F3N6O3/c1-4-8-19(35)34-20-22(32(6-3)24(37)33(11-5-2)23(20)36)30-21(34)17-13-29-31(15-17)14-16-9-7-10-18(12-16)25(26,27)28/h7,9-10,12-13,15H,4-6,8,11,14H2,1-3H3. The van der Waals surface area contributed by atoms with Gasteiger partial charge in [-0.25, -0.2) is 9.78 Å². The maximum atomic E-state index is 13.4. The average molecular weight is 517 g/mol. The molecule has 0 fully saturated rings. The Bertz CT molecular complexity index is 1580. The van der Waals surface area contributed by atoms with Gasteiger partial charge in [0.25, 0.3) is 5.56 Å². The van der Waals surface area contributed by atoms with E-state index in [1.165, 1.54) is 26.1 Å². The van der Waals surface area contributed by atoms with Crippen LogP contribution in [-0.2, 0) is 25.8 Å². The van der Waals surface area contributed by atoms with Crippen molar-refractivity contribution in [2.45, 2.75) is 65.8 Å². The third-order valence-electron chi connectivity index (χ3n) is 5.99. The Labute approximate surface area is 209 Å². The normalized spacial score (nSPS) is 11.9. The highest BCUT2D eigenvalue weighted by Crippen LogP contribution is 2.30. The Balaban J connectivity index is 1.87. The first kappa shape index (κ1) is 26.1. The maximum absolute atomic E-state index is 13.4. The minimum Gasteiger partial charge on any atom is -0.276 e. The molecule has 0 aliphatic carbocycles. The molecule has 0 radical (unpaired) electrons. The first-order valence-corrected chi connectivity index (χ1v) is 12.1. The van der Waals surface area contributed by atoms with Crippen LogP contribution in [0, 0.1) is 0 Å². The van der Waals surface area contributed by atoms with Crippen LogP contribution in [0.15, 0.2) is 46.2 Å². The van der Waals surface area contributed by atoms with Crippen LogP contribution in [0.2, 0.25) is 0 Å². The lowest BCUT2D eigenvalue weighted by Gasteiger charge is -2.10. The molecule has 0 saturated heterocycles. The zero-order chi connectivity index (χ0) is 26.9. The number of benzene rings is 1. The molecule has 0 aliphatic rings. The number of carbonyl (C=O) groups is 1. The maximum Gasteiger partial charge on any atom is 0.416 e. The van der Waals surface area contributed by atoms with Gasteiger partial charge in [0.15, 0.2) is 17.0 Å². The van der Waals surface area contributed by atoms with E-state index in [4.69, 9.17) is 0 Å². The number of hydrogen-bond donors (Lipinski definition) is 0. The number of hydrogen-bond acceptors (Lipinski definition) is 5. The van der Waals surface area contributed by atoms with E-state index < -0.39 is 23.0 Å². The van der Waals surface area contributed by atoms with Gasteiger partial charge in [0.2, 0.25) is 5.91 Å². The van der Waals surface area contributed by atoms with Gasteiger partial charge in [-0.15, -0.1) is 0 Å². The Morgan fingerprint density at radius 2 is 1.81 bits per heavy atom. The molecule has 3 aromatic heterocycles. The summed E-state index contributed by atoms with van der Waals surface area (Å²) in [5.74, 6) is -0.205. The monoisotopic (exact) mass is 516 g/mol. The van der Waals surface area contributed by atoms with E-state index in [0.717, 1.165) is 16.7 Å². The molecule has 0 N–H and O–H groups in total. The minimum absolute atomic E-state index is 0.0222. The Hall–Kier alpha value is -3.96. The van der Waals surface area contributed by atoms with Crippen molar-refractivity contribution in [3.63, 3.8) is 0 Å². The van der Waals surface area contributed by atoms with Crippen molar-refractivity contribution in [3.05, 3.63) is 68.6 Å². The second-order valence-electron chi connectivity index (χ2n) is 8.70. The van der Waals surface area contributed by atoms with Gasteiger partial charge in [-0.3, -0.25) is 28.0 Å².